The molecule has 0 aliphatic carbocycles. The average Bonchev–Trinajstić information content (AvgIpc) is 2.24. The molecule has 1 aromatic heterocycles. The van der Waals surface area contributed by atoms with Crippen molar-refractivity contribution in [3.05, 3.63) is 23.5 Å². The zero-order valence-corrected chi connectivity index (χ0v) is 13.3. The van der Waals surface area contributed by atoms with E-state index in [1.165, 1.54) is 32.2 Å². The molecule has 5 nitrogen and oxygen atoms in total. The number of halogens is 1. The van der Waals surface area contributed by atoms with Gasteiger partial charge in [-0.25, -0.2) is 13.4 Å². The van der Waals surface area contributed by atoms with Crippen LogP contribution in [-0.2, 0) is 10.0 Å². The van der Waals surface area contributed by atoms with Crippen LogP contribution < -0.4 is 4.72 Å². The van der Waals surface area contributed by atoms with E-state index in [0.29, 0.717) is 0 Å². The normalized spacial score (nSPS) is 12.7. The fourth-order valence-electron chi connectivity index (χ4n) is 1.30. The Bertz CT molecular complexity index is 652. The maximum absolute atomic E-state index is 12.2. The summed E-state index contributed by atoms with van der Waals surface area (Å²) >= 11 is 5.78. The van der Waals surface area contributed by atoms with E-state index >= 15 is 0 Å². The summed E-state index contributed by atoms with van der Waals surface area (Å²) in [4.78, 5) is 3.62. The number of nitrogens with zero attached hydrogens (tertiary/aromatic N) is 1. The Morgan fingerprint density at radius 3 is 2.40 bits per heavy atom. The second-order valence-electron chi connectivity index (χ2n) is 5.33. The van der Waals surface area contributed by atoms with Gasteiger partial charge in [0.25, 0.3) is 0 Å². The molecule has 0 aromatic carbocycles. The molecule has 1 heterocycles. The molecule has 110 valence electrons. The van der Waals surface area contributed by atoms with Crippen LogP contribution in [0, 0.1) is 11.8 Å². The Labute approximate surface area is 124 Å². The third kappa shape index (κ3) is 5.10. The first-order valence-corrected chi connectivity index (χ1v) is 7.70. The SMILES string of the molecule is CC(C)(O)C#CC(C)(C)NS(=O)(=O)c1cccnc1Cl. The van der Waals surface area contributed by atoms with Gasteiger partial charge in [-0.15, -0.1) is 0 Å². The van der Waals surface area contributed by atoms with E-state index in [1.54, 1.807) is 13.8 Å². The fourth-order valence-corrected chi connectivity index (χ4v) is 3.09. The van der Waals surface area contributed by atoms with Crippen LogP contribution >= 0.6 is 11.6 Å². The summed E-state index contributed by atoms with van der Waals surface area (Å²) in [5.74, 6) is 5.27. The van der Waals surface area contributed by atoms with Gasteiger partial charge in [-0.05, 0) is 39.8 Å². The molecule has 1 rings (SSSR count). The largest absolute Gasteiger partial charge is 0.378 e. The Kier molecular flexibility index (Phi) is 4.82. The number of aliphatic hydroxyl groups is 1. The first kappa shape index (κ1) is 16.9. The number of hydrogen-bond donors (Lipinski definition) is 2. The molecule has 0 atom stereocenters. The number of aromatic nitrogens is 1. The minimum atomic E-state index is -3.84. The predicted octanol–water partition coefficient (Wildman–Crippen LogP) is 1.57. The topological polar surface area (TPSA) is 79.3 Å². The Morgan fingerprint density at radius 2 is 1.90 bits per heavy atom. The van der Waals surface area contributed by atoms with Gasteiger partial charge in [0.2, 0.25) is 10.0 Å². The van der Waals surface area contributed by atoms with E-state index in [1.807, 2.05) is 0 Å². The zero-order chi connectivity index (χ0) is 15.6. The molecule has 0 aliphatic heterocycles. The van der Waals surface area contributed by atoms with Gasteiger partial charge in [-0.2, -0.15) is 4.72 Å². The molecule has 0 bridgehead atoms. The minimum absolute atomic E-state index is 0.105. The van der Waals surface area contributed by atoms with Crippen molar-refractivity contribution in [3.8, 4) is 11.8 Å². The maximum Gasteiger partial charge on any atom is 0.244 e. The van der Waals surface area contributed by atoms with Gasteiger partial charge in [0, 0.05) is 6.20 Å². The molecule has 7 heteroatoms. The fraction of sp³-hybridized carbons (Fsp3) is 0.462. The average molecular weight is 317 g/mol. The first-order valence-electron chi connectivity index (χ1n) is 5.84. The van der Waals surface area contributed by atoms with Crippen molar-refractivity contribution in [2.45, 2.75) is 43.7 Å². The smallest absolute Gasteiger partial charge is 0.244 e. The summed E-state index contributed by atoms with van der Waals surface area (Å²) in [6.07, 6.45) is 1.40. The summed E-state index contributed by atoms with van der Waals surface area (Å²) in [6.45, 7) is 6.21. The van der Waals surface area contributed by atoms with E-state index in [9.17, 15) is 13.5 Å². The summed E-state index contributed by atoms with van der Waals surface area (Å²) in [7, 11) is -3.84. The van der Waals surface area contributed by atoms with Crippen molar-refractivity contribution in [2.24, 2.45) is 0 Å². The van der Waals surface area contributed by atoms with E-state index in [-0.39, 0.29) is 10.0 Å². The van der Waals surface area contributed by atoms with E-state index in [4.69, 9.17) is 11.6 Å². The zero-order valence-electron chi connectivity index (χ0n) is 11.7. The predicted molar refractivity (Wildman–Crippen MR) is 77.7 cm³/mol. The van der Waals surface area contributed by atoms with Crippen LogP contribution in [-0.4, -0.2) is 29.6 Å². The van der Waals surface area contributed by atoms with Crippen molar-refractivity contribution in [1.82, 2.24) is 9.71 Å². The molecule has 0 saturated carbocycles. The maximum atomic E-state index is 12.2. The minimum Gasteiger partial charge on any atom is -0.378 e. The summed E-state index contributed by atoms with van der Waals surface area (Å²) in [5.41, 5.74) is -2.26. The molecule has 0 fully saturated rings. The molecule has 0 spiro atoms. The van der Waals surface area contributed by atoms with Crippen LogP contribution in [0.3, 0.4) is 0 Å². The Hall–Kier alpha value is -1.13. The number of rotatable bonds is 3. The molecule has 0 unspecified atom stereocenters. The lowest BCUT2D eigenvalue weighted by molar-refractivity contribution is 0.143. The molecule has 2 N–H and O–H groups in total. The van der Waals surface area contributed by atoms with Crippen LogP contribution in [0.15, 0.2) is 23.2 Å². The van der Waals surface area contributed by atoms with Crippen LogP contribution in [0.5, 0.6) is 0 Å². The summed E-state index contributed by atoms with van der Waals surface area (Å²) in [5, 5.41) is 9.45. The summed E-state index contributed by atoms with van der Waals surface area (Å²) in [6, 6.07) is 2.84. The first-order chi connectivity index (χ1) is 8.93. The molecule has 0 radical (unpaired) electrons. The second-order valence-corrected chi connectivity index (χ2v) is 7.34. The highest BCUT2D eigenvalue weighted by atomic mass is 35.5. The third-order valence-electron chi connectivity index (χ3n) is 2.08. The molecular weight excluding hydrogens is 300 g/mol. The molecule has 1 aromatic rings. The quantitative estimate of drug-likeness (QED) is 0.655. The molecule has 0 aliphatic rings. The van der Waals surface area contributed by atoms with E-state index < -0.39 is 21.2 Å². The molecule has 20 heavy (non-hydrogen) atoms. The van der Waals surface area contributed by atoms with Gasteiger partial charge < -0.3 is 5.11 Å². The van der Waals surface area contributed by atoms with Gasteiger partial charge in [0.1, 0.15) is 15.6 Å². The Morgan fingerprint density at radius 1 is 1.30 bits per heavy atom. The highest BCUT2D eigenvalue weighted by Crippen LogP contribution is 2.19. The van der Waals surface area contributed by atoms with Gasteiger partial charge in [-0.3, -0.25) is 0 Å². The molecule has 0 saturated heterocycles. The summed E-state index contributed by atoms with van der Waals surface area (Å²) < 4.78 is 26.9. The van der Waals surface area contributed by atoms with Gasteiger partial charge in [0.15, 0.2) is 0 Å². The van der Waals surface area contributed by atoms with Crippen molar-refractivity contribution in [2.75, 3.05) is 0 Å². The van der Waals surface area contributed by atoms with Crippen molar-refractivity contribution < 1.29 is 13.5 Å². The third-order valence-corrected chi connectivity index (χ3v) is 4.19. The second kappa shape index (κ2) is 5.70. The monoisotopic (exact) mass is 316 g/mol. The van der Waals surface area contributed by atoms with Crippen molar-refractivity contribution in [3.63, 3.8) is 0 Å². The lowest BCUT2D eigenvalue weighted by Crippen LogP contribution is -2.42. The lowest BCUT2D eigenvalue weighted by atomic mass is 10.1. The Balaban J connectivity index is 3.08. The van der Waals surface area contributed by atoms with Crippen LogP contribution in [0.4, 0.5) is 0 Å². The van der Waals surface area contributed by atoms with Gasteiger partial charge >= 0.3 is 0 Å². The van der Waals surface area contributed by atoms with Crippen LogP contribution in [0.1, 0.15) is 27.7 Å². The van der Waals surface area contributed by atoms with Gasteiger partial charge in [-0.1, -0.05) is 23.4 Å². The van der Waals surface area contributed by atoms with Gasteiger partial charge in [0.05, 0.1) is 5.54 Å². The number of pyridine rings is 1. The van der Waals surface area contributed by atoms with Crippen LogP contribution in [0.2, 0.25) is 5.15 Å². The van der Waals surface area contributed by atoms with E-state index in [2.05, 4.69) is 21.5 Å². The highest BCUT2D eigenvalue weighted by molar-refractivity contribution is 7.89. The van der Waals surface area contributed by atoms with Crippen molar-refractivity contribution >= 4 is 21.6 Å². The van der Waals surface area contributed by atoms with E-state index in [0.717, 1.165) is 0 Å². The number of nitrogens with one attached hydrogen (secondary N) is 1. The van der Waals surface area contributed by atoms with Crippen molar-refractivity contribution in [1.29, 1.82) is 0 Å². The number of sulfonamides is 1. The number of hydrogen-bond acceptors (Lipinski definition) is 4. The van der Waals surface area contributed by atoms with Crippen LogP contribution in [0.25, 0.3) is 0 Å². The molecular formula is C13H17ClN2O3S. The lowest BCUT2D eigenvalue weighted by Gasteiger charge is -2.21. The molecule has 0 amide bonds. The highest BCUT2D eigenvalue weighted by Gasteiger charge is 2.27. The standard InChI is InChI=1S/C13H17ClN2O3S/c1-12(2,7-8-13(3,4)17)16-20(18,19)10-6-5-9-15-11(10)14/h5-6,9,16-17H,1-4H3.